The van der Waals surface area contributed by atoms with Gasteiger partial charge in [-0.2, -0.15) is 11.8 Å². The number of rotatable bonds is 7. The summed E-state index contributed by atoms with van der Waals surface area (Å²) in [4.78, 5) is 28.7. The average molecular weight is 432 g/mol. The molecule has 2 aromatic carbocycles. The lowest BCUT2D eigenvalue weighted by Crippen LogP contribution is -2.49. The van der Waals surface area contributed by atoms with Crippen molar-refractivity contribution in [3.63, 3.8) is 0 Å². The van der Waals surface area contributed by atoms with E-state index in [1.165, 1.54) is 17.3 Å². The molecule has 1 heterocycles. The third-order valence-electron chi connectivity index (χ3n) is 4.98. The number of piperazine rings is 1. The first-order valence-corrected chi connectivity index (χ1v) is 11.5. The van der Waals surface area contributed by atoms with Crippen molar-refractivity contribution in [2.45, 2.75) is 6.42 Å². The first kappa shape index (κ1) is 21.7. The summed E-state index contributed by atoms with van der Waals surface area (Å²) in [5.41, 5.74) is 2.65. The number of hydrogen-bond acceptors (Lipinski definition) is 4. The highest BCUT2D eigenvalue weighted by Gasteiger charge is 2.22. The zero-order valence-electron chi connectivity index (χ0n) is 16.6. The van der Waals surface area contributed by atoms with E-state index in [1.807, 2.05) is 23.3 Å². The number of amides is 2. The first-order valence-electron chi connectivity index (χ1n) is 9.70. The molecule has 1 fully saturated rings. The Morgan fingerprint density at radius 2 is 1.66 bits per heavy atom. The number of carbonyl (C=O) groups excluding carboxylic acids is 2. The van der Waals surface area contributed by atoms with Crippen LogP contribution in [0.15, 0.2) is 48.5 Å². The highest BCUT2D eigenvalue weighted by molar-refractivity contribution is 7.99. The van der Waals surface area contributed by atoms with Gasteiger partial charge in [0.25, 0.3) is 5.91 Å². The van der Waals surface area contributed by atoms with Gasteiger partial charge in [-0.3, -0.25) is 14.5 Å². The van der Waals surface area contributed by atoms with E-state index in [9.17, 15) is 9.59 Å². The molecule has 2 amide bonds. The van der Waals surface area contributed by atoms with Crippen molar-refractivity contribution in [3.05, 3.63) is 64.7 Å². The standard InChI is InChI=1S/C22H26ClN3O2S/c1-29-16-21(27)24-20-8-4-18(5-9-20)22(28)26-14-12-25(13-15-26)11-10-17-2-6-19(23)7-3-17/h2-9H,10-16H2,1H3,(H,24,27). The predicted molar refractivity (Wildman–Crippen MR) is 121 cm³/mol. The van der Waals surface area contributed by atoms with E-state index in [0.29, 0.717) is 17.0 Å². The van der Waals surface area contributed by atoms with Crippen LogP contribution in [-0.4, -0.2) is 66.3 Å². The van der Waals surface area contributed by atoms with Crippen LogP contribution in [-0.2, 0) is 11.2 Å². The average Bonchev–Trinajstić information content (AvgIpc) is 2.74. The van der Waals surface area contributed by atoms with Crippen LogP contribution >= 0.6 is 23.4 Å². The number of halogens is 1. The highest BCUT2D eigenvalue weighted by Crippen LogP contribution is 2.15. The largest absolute Gasteiger partial charge is 0.336 e. The minimum atomic E-state index is -0.0358. The van der Waals surface area contributed by atoms with E-state index in [1.54, 1.807) is 24.3 Å². The van der Waals surface area contributed by atoms with E-state index in [0.717, 1.165) is 44.2 Å². The Bertz CT molecular complexity index is 819. The molecule has 2 aromatic rings. The van der Waals surface area contributed by atoms with E-state index in [-0.39, 0.29) is 11.8 Å². The number of hydrogen-bond donors (Lipinski definition) is 1. The second-order valence-corrected chi connectivity index (χ2v) is 8.37. The zero-order valence-corrected chi connectivity index (χ0v) is 18.1. The molecule has 0 unspecified atom stereocenters. The van der Waals surface area contributed by atoms with E-state index >= 15 is 0 Å². The second-order valence-electron chi connectivity index (χ2n) is 7.07. The van der Waals surface area contributed by atoms with Crippen LogP contribution in [0.4, 0.5) is 5.69 Å². The van der Waals surface area contributed by atoms with E-state index in [2.05, 4.69) is 22.3 Å². The molecule has 0 spiro atoms. The minimum absolute atomic E-state index is 0.0358. The van der Waals surface area contributed by atoms with E-state index in [4.69, 9.17) is 11.6 Å². The van der Waals surface area contributed by atoms with Crippen molar-refractivity contribution in [3.8, 4) is 0 Å². The lowest BCUT2D eigenvalue weighted by molar-refractivity contribution is -0.113. The molecule has 0 radical (unpaired) electrons. The normalized spacial score (nSPS) is 14.6. The molecule has 1 aliphatic rings. The van der Waals surface area contributed by atoms with Crippen molar-refractivity contribution < 1.29 is 9.59 Å². The Morgan fingerprint density at radius 1 is 1.00 bits per heavy atom. The number of thioether (sulfide) groups is 1. The molecular weight excluding hydrogens is 406 g/mol. The zero-order chi connectivity index (χ0) is 20.6. The van der Waals surface area contributed by atoms with Crippen molar-refractivity contribution in [2.24, 2.45) is 0 Å². The number of carbonyl (C=O) groups is 2. The van der Waals surface area contributed by atoms with Gasteiger partial charge in [-0.15, -0.1) is 0 Å². The Balaban J connectivity index is 1.45. The van der Waals surface area contributed by atoms with Crippen molar-refractivity contribution in [1.29, 1.82) is 0 Å². The number of anilines is 1. The first-order chi connectivity index (χ1) is 14.0. The Hall–Kier alpha value is -2.02. The lowest BCUT2D eigenvalue weighted by Gasteiger charge is -2.34. The number of benzene rings is 2. The van der Waals surface area contributed by atoms with Gasteiger partial charge >= 0.3 is 0 Å². The van der Waals surface area contributed by atoms with Gasteiger partial charge < -0.3 is 10.2 Å². The topological polar surface area (TPSA) is 52.7 Å². The van der Waals surface area contributed by atoms with Crippen LogP contribution in [0.5, 0.6) is 0 Å². The molecule has 29 heavy (non-hydrogen) atoms. The fourth-order valence-electron chi connectivity index (χ4n) is 3.32. The summed E-state index contributed by atoms with van der Waals surface area (Å²) in [6, 6.07) is 15.1. The minimum Gasteiger partial charge on any atom is -0.336 e. The summed E-state index contributed by atoms with van der Waals surface area (Å²) in [7, 11) is 0. The van der Waals surface area contributed by atoms with Gasteiger partial charge in [0, 0.05) is 49.0 Å². The molecule has 7 heteroatoms. The Kier molecular flexibility index (Phi) is 7.98. The van der Waals surface area contributed by atoms with Gasteiger partial charge in [0.15, 0.2) is 0 Å². The Morgan fingerprint density at radius 3 is 2.28 bits per heavy atom. The van der Waals surface area contributed by atoms with Gasteiger partial charge in [-0.05, 0) is 54.6 Å². The van der Waals surface area contributed by atoms with Crippen LogP contribution in [0.2, 0.25) is 5.02 Å². The molecular formula is C22H26ClN3O2S. The Labute approximate surface area is 181 Å². The van der Waals surface area contributed by atoms with Gasteiger partial charge in [-0.1, -0.05) is 23.7 Å². The monoisotopic (exact) mass is 431 g/mol. The third kappa shape index (κ3) is 6.49. The summed E-state index contributed by atoms with van der Waals surface area (Å²) in [6.45, 7) is 4.19. The molecule has 0 aliphatic carbocycles. The molecule has 0 bridgehead atoms. The maximum atomic E-state index is 12.8. The molecule has 0 atom stereocenters. The maximum absolute atomic E-state index is 12.8. The third-order valence-corrected chi connectivity index (χ3v) is 5.78. The summed E-state index contributed by atoms with van der Waals surface area (Å²) in [5.74, 6) is 0.429. The molecule has 3 rings (SSSR count). The van der Waals surface area contributed by atoms with Crippen LogP contribution in [0, 0.1) is 0 Å². The van der Waals surface area contributed by atoms with Crippen molar-refractivity contribution in [2.75, 3.05) is 50.0 Å². The van der Waals surface area contributed by atoms with E-state index < -0.39 is 0 Å². The predicted octanol–water partition coefficient (Wildman–Crippen LogP) is 3.64. The van der Waals surface area contributed by atoms with Crippen molar-refractivity contribution in [1.82, 2.24) is 9.80 Å². The second kappa shape index (κ2) is 10.7. The fraction of sp³-hybridized carbons (Fsp3) is 0.364. The molecule has 154 valence electrons. The molecule has 1 saturated heterocycles. The van der Waals surface area contributed by atoms with Crippen LogP contribution in [0.3, 0.4) is 0 Å². The molecule has 5 nitrogen and oxygen atoms in total. The highest BCUT2D eigenvalue weighted by atomic mass is 35.5. The summed E-state index contributed by atoms with van der Waals surface area (Å²) >= 11 is 7.41. The molecule has 1 N–H and O–H groups in total. The lowest BCUT2D eigenvalue weighted by atomic mass is 10.1. The quantitative estimate of drug-likeness (QED) is 0.727. The van der Waals surface area contributed by atoms with Gasteiger partial charge in [0.05, 0.1) is 5.75 Å². The molecule has 0 aromatic heterocycles. The fourth-order valence-corrected chi connectivity index (χ4v) is 3.78. The summed E-state index contributed by atoms with van der Waals surface area (Å²) in [5, 5.41) is 3.59. The van der Waals surface area contributed by atoms with Crippen LogP contribution in [0.1, 0.15) is 15.9 Å². The number of nitrogens with zero attached hydrogens (tertiary/aromatic N) is 2. The SMILES string of the molecule is CSCC(=O)Nc1ccc(C(=O)N2CCN(CCc3ccc(Cl)cc3)CC2)cc1. The van der Waals surface area contributed by atoms with Gasteiger partial charge in [0.2, 0.25) is 5.91 Å². The molecule has 1 aliphatic heterocycles. The number of nitrogens with one attached hydrogen (secondary N) is 1. The van der Waals surface area contributed by atoms with Crippen LogP contribution in [0.25, 0.3) is 0 Å². The van der Waals surface area contributed by atoms with Gasteiger partial charge in [-0.25, -0.2) is 0 Å². The van der Waals surface area contributed by atoms with Crippen LogP contribution < -0.4 is 5.32 Å². The van der Waals surface area contributed by atoms with Gasteiger partial charge in [0.1, 0.15) is 0 Å². The summed E-state index contributed by atoms with van der Waals surface area (Å²) < 4.78 is 0. The summed E-state index contributed by atoms with van der Waals surface area (Å²) in [6.07, 6.45) is 2.87. The van der Waals surface area contributed by atoms with Crippen molar-refractivity contribution >= 4 is 40.9 Å². The maximum Gasteiger partial charge on any atom is 0.253 e. The smallest absolute Gasteiger partial charge is 0.253 e. The molecule has 0 saturated carbocycles.